The Morgan fingerprint density at radius 2 is 1.11 bits per heavy atom. The van der Waals surface area contributed by atoms with Crippen molar-refractivity contribution in [2.24, 2.45) is 0 Å². The summed E-state index contributed by atoms with van der Waals surface area (Å²) in [7, 11) is 0. The molecule has 0 spiro atoms. The van der Waals surface area contributed by atoms with E-state index in [1.54, 1.807) is 23.1 Å². The van der Waals surface area contributed by atoms with Crippen molar-refractivity contribution < 1.29 is 12.3 Å². The van der Waals surface area contributed by atoms with Gasteiger partial charge in [0, 0.05) is 38.2 Å². The molecular formula is C43H31BN2. The summed E-state index contributed by atoms with van der Waals surface area (Å²) >= 11 is 0. The average Bonchev–Trinajstić information content (AvgIpc) is 3.17. The third-order valence-electron chi connectivity index (χ3n) is 8.92. The summed E-state index contributed by atoms with van der Waals surface area (Å²) in [5.41, 5.74) is 8.80. The standard InChI is InChI=1S/C43H31BN2/c1-30-27-41-43-42(28-30)46(36-24-21-33(22-25-36)31-13-5-2-6-14-31)40-26-23-34(32-15-7-3-8-16-32)29-38(40)44(43)37-19-11-12-20-39(37)45(41)35-17-9-4-10-18-35/h2-29H,1H3/i1D3,4D,11D,12D,17D,18D,20D. The molecule has 2 heterocycles. The third-order valence-corrected chi connectivity index (χ3v) is 8.92. The molecule has 0 amide bonds. The number of hydrogen-bond donors (Lipinski definition) is 0. The minimum Gasteiger partial charge on any atom is -0.311 e. The molecule has 0 aromatic heterocycles. The van der Waals surface area contributed by atoms with E-state index in [1.165, 1.54) is 12.1 Å². The topological polar surface area (TPSA) is 6.48 Å². The van der Waals surface area contributed by atoms with Gasteiger partial charge in [-0.3, -0.25) is 0 Å². The number of anilines is 6. The van der Waals surface area contributed by atoms with Crippen LogP contribution in [0.15, 0.2) is 170 Å². The molecule has 2 aliphatic rings. The lowest BCUT2D eigenvalue weighted by atomic mass is 9.33. The molecule has 0 N–H and O–H groups in total. The Kier molecular flexibility index (Phi) is 4.38. The number of hydrogen-bond acceptors (Lipinski definition) is 2. The first-order chi connectivity index (χ1) is 26.4. The molecule has 46 heavy (non-hydrogen) atoms. The molecule has 0 aliphatic carbocycles. The molecule has 0 saturated heterocycles. The lowest BCUT2D eigenvalue weighted by Gasteiger charge is -2.44. The van der Waals surface area contributed by atoms with Crippen molar-refractivity contribution in [1.29, 1.82) is 0 Å². The normalized spacial score (nSPS) is 15.8. The van der Waals surface area contributed by atoms with Gasteiger partial charge in [-0.2, -0.15) is 0 Å². The van der Waals surface area contributed by atoms with Crippen LogP contribution in [-0.4, -0.2) is 6.71 Å². The molecule has 7 aromatic rings. The van der Waals surface area contributed by atoms with E-state index in [0.717, 1.165) is 39.1 Å². The number of benzene rings is 7. The van der Waals surface area contributed by atoms with E-state index in [0.29, 0.717) is 22.3 Å². The van der Waals surface area contributed by atoms with Crippen molar-refractivity contribution >= 4 is 57.2 Å². The van der Waals surface area contributed by atoms with Crippen molar-refractivity contribution in [2.75, 3.05) is 9.80 Å². The molecule has 0 atom stereocenters. The molecule has 3 heteroatoms. The van der Waals surface area contributed by atoms with E-state index in [2.05, 4.69) is 6.07 Å². The number of fused-ring (bicyclic) bond motifs is 4. The minimum atomic E-state index is -2.57. The van der Waals surface area contributed by atoms with Gasteiger partial charge in [0.05, 0.1) is 8.22 Å². The van der Waals surface area contributed by atoms with Gasteiger partial charge in [-0.15, -0.1) is 0 Å². The SMILES string of the molecule is [2H]c1cc([2H])c(N2c3cc(C([2H])([2H])[2H])cc4c3B(c3cc(-c5ccccc5)ccc3N4c3ccc(-c4ccccc4)cc3)c3cc([2H])c([2H])c([2H])c32)c([2H])c1. The van der Waals surface area contributed by atoms with Gasteiger partial charge in [-0.05, 0) is 99.5 Å². The first-order valence-electron chi connectivity index (χ1n) is 19.7. The molecular weight excluding hydrogens is 555 g/mol. The lowest BCUT2D eigenvalue weighted by molar-refractivity contribution is 1.24. The quantitative estimate of drug-likeness (QED) is 0.187. The van der Waals surface area contributed by atoms with Crippen LogP contribution in [0.5, 0.6) is 0 Å². The first kappa shape index (κ1) is 18.9. The van der Waals surface area contributed by atoms with Gasteiger partial charge < -0.3 is 9.80 Å². The summed E-state index contributed by atoms with van der Waals surface area (Å²) in [4.78, 5) is 3.59. The maximum absolute atomic E-state index is 9.33. The molecule has 0 bridgehead atoms. The summed E-state index contributed by atoms with van der Waals surface area (Å²) in [6.07, 6.45) is 0. The molecule has 0 unspecified atom stereocenters. The molecule has 216 valence electrons. The lowest BCUT2D eigenvalue weighted by Crippen LogP contribution is -2.61. The molecule has 9 rings (SSSR count). The predicted octanol–water partition coefficient (Wildman–Crippen LogP) is 9.41. The van der Waals surface area contributed by atoms with E-state index < -0.39 is 13.6 Å². The Labute approximate surface area is 283 Å². The van der Waals surface area contributed by atoms with Gasteiger partial charge in [-0.1, -0.05) is 121 Å². The van der Waals surface area contributed by atoms with Gasteiger partial charge in [0.1, 0.15) is 0 Å². The minimum absolute atomic E-state index is 0.0219. The second kappa shape index (κ2) is 10.7. The monoisotopic (exact) mass is 595 g/mol. The van der Waals surface area contributed by atoms with E-state index >= 15 is 0 Å². The Hall–Kier alpha value is -5.80. The van der Waals surface area contributed by atoms with Gasteiger partial charge in [0.25, 0.3) is 6.71 Å². The number of aryl methyl sites for hydroxylation is 1. The van der Waals surface area contributed by atoms with Crippen LogP contribution in [0.2, 0.25) is 0 Å². The summed E-state index contributed by atoms with van der Waals surface area (Å²) in [5, 5.41) is 0. The highest BCUT2D eigenvalue weighted by Gasteiger charge is 2.43. The maximum atomic E-state index is 9.33. The van der Waals surface area contributed by atoms with Crippen LogP contribution in [0.1, 0.15) is 17.9 Å². The van der Waals surface area contributed by atoms with Gasteiger partial charge >= 0.3 is 0 Å². The van der Waals surface area contributed by atoms with Crippen molar-refractivity contribution in [3.8, 4) is 22.3 Å². The van der Waals surface area contributed by atoms with Gasteiger partial charge in [0.2, 0.25) is 0 Å². The fraction of sp³-hybridized carbons (Fsp3) is 0.0233. The Balaban J connectivity index is 1.41. The highest BCUT2D eigenvalue weighted by Crippen LogP contribution is 2.45. The largest absolute Gasteiger partial charge is 0.311 e. The highest BCUT2D eigenvalue weighted by atomic mass is 15.2. The summed E-state index contributed by atoms with van der Waals surface area (Å²) in [5.74, 6) is 0. The smallest absolute Gasteiger partial charge is 0.252 e. The van der Waals surface area contributed by atoms with Crippen LogP contribution in [-0.2, 0) is 0 Å². The number of nitrogens with zero attached hydrogens (tertiary/aromatic N) is 2. The number of para-hydroxylation sites is 2. The molecule has 2 aliphatic heterocycles. The van der Waals surface area contributed by atoms with Gasteiger partial charge in [-0.25, -0.2) is 0 Å². The van der Waals surface area contributed by atoms with Crippen LogP contribution in [0, 0.1) is 6.85 Å². The van der Waals surface area contributed by atoms with E-state index in [4.69, 9.17) is 11.0 Å². The average molecular weight is 596 g/mol. The van der Waals surface area contributed by atoms with Gasteiger partial charge in [0.15, 0.2) is 0 Å². The molecule has 0 fully saturated rings. The number of rotatable bonds is 4. The fourth-order valence-corrected chi connectivity index (χ4v) is 6.95. The maximum Gasteiger partial charge on any atom is 0.252 e. The highest BCUT2D eigenvalue weighted by molar-refractivity contribution is 7.00. The second-order valence-electron chi connectivity index (χ2n) is 11.5. The first-order valence-corrected chi connectivity index (χ1v) is 15.2. The molecule has 0 saturated carbocycles. The van der Waals surface area contributed by atoms with Crippen molar-refractivity contribution in [1.82, 2.24) is 0 Å². The summed E-state index contributed by atoms with van der Waals surface area (Å²) in [6, 6.07) is 40.6. The molecule has 7 aromatic carbocycles. The third kappa shape index (κ3) is 4.20. The molecule has 2 nitrogen and oxygen atoms in total. The van der Waals surface area contributed by atoms with Crippen molar-refractivity contribution in [2.45, 2.75) is 6.85 Å². The zero-order valence-corrected chi connectivity index (χ0v) is 24.7. The Bertz CT molecular complexity index is 2640. The Morgan fingerprint density at radius 3 is 1.80 bits per heavy atom. The van der Waals surface area contributed by atoms with Crippen LogP contribution in [0.3, 0.4) is 0 Å². The molecule has 0 radical (unpaired) electrons. The van der Waals surface area contributed by atoms with E-state index in [9.17, 15) is 1.37 Å². The Morgan fingerprint density at radius 1 is 0.478 bits per heavy atom. The van der Waals surface area contributed by atoms with Crippen LogP contribution >= 0.6 is 0 Å². The zero-order chi connectivity index (χ0) is 38.3. The summed E-state index contributed by atoms with van der Waals surface area (Å²) in [6.45, 7) is -3.19. The van der Waals surface area contributed by atoms with Crippen molar-refractivity contribution in [3.05, 3.63) is 175 Å². The van der Waals surface area contributed by atoms with Crippen molar-refractivity contribution in [3.63, 3.8) is 0 Å². The fourth-order valence-electron chi connectivity index (χ4n) is 6.95. The summed E-state index contributed by atoms with van der Waals surface area (Å²) < 4.78 is 79.1. The van der Waals surface area contributed by atoms with E-state index in [1.807, 2.05) is 102 Å². The second-order valence-corrected chi connectivity index (χ2v) is 11.5. The van der Waals surface area contributed by atoms with Crippen LogP contribution in [0.25, 0.3) is 22.3 Å². The van der Waals surface area contributed by atoms with Crippen LogP contribution < -0.4 is 26.2 Å². The predicted molar refractivity (Wildman–Crippen MR) is 196 cm³/mol. The van der Waals surface area contributed by atoms with Crippen LogP contribution in [0.4, 0.5) is 34.1 Å². The van der Waals surface area contributed by atoms with E-state index in [-0.39, 0.29) is 53.2 Å². The zero-order valence-electron chi connectivity index (χ0n) is 33.7.